The third kappa shape index (κ3) is 15.7. The van der Waals surface area contributed by atoms with Crippen LogP contribution in [0.3, 0.4) is 0 Å². The van der Waals surface area contributed by atoms with Gasteiger partial charge in [0, 0.05) is 57.9 Å². The molecule has 1 N–H and O–H groups in total. The predicted octanol–water partition coefficient (Wildman–Crippen LogP) is 17.0. The quantitative estimate of drug-likeness (QED) is 0.0899. The van der Waals surface area contributed by atoms with E-state index in [1.54, 1.807) is 95.2 Å². The van der Waals surface area contributed by atoms with Crippen LogP contribution in [0.15, 0.2) is 148 Å². The smallest absolute Gasteiger partial charge is 0.155 e. The topological polar surface area (TPSA) is 107 Å². The maximum Gasteiger partial charge on any atom is 0.155 e. The van der Waals surface area contributed by atoms with Gasteiger partial charge in [-0.25, -0.2) is 23.7 Å². The van der Waals surface area contributed by atoms with E-state index in [1.807, 2.05) is 70.2 Å². The number of benzene rings is 4. The number of hydrogen-bond donors (Lipinski definition) is 1. The van der Waals surface area contributed by atoms with Crippen molar-refractivity contribution >= 4 is 104 Å². The molecule has 6 aromatic heterocycles. The van der Waals surface area contributed by atoms with Crippen molar-refractivity contribution in [2.45, 2.75) is 85.4 Å². The van der Waals surface area contributed by atoms with Crippen molar-refractivity contribution in [2.24, 2.45) is 0 Å². The summed E-state index contributed by atoms with van der Waals surface area (Å²) in [6.45, 7) is 6.99. The summed E-state index contributed by atoms with van der Waals surface area (Å²) >= 11 is 7.66. The Morgan fingerprint density at radius 2 is 1.00 bits per heavy atom. The fourth-order valence-corrected chi connectivity index (χ4v) is 29.8. The summed E-state index contributed by atoms with van der Waals surface area (Å²) in [5, 5.41) is 22.0. The monoisotopic (exact) mass is 1220 g/mol. The number of ether oxygens (including phenoxy) is 1. The number of thiazole rings is 4. The average molecular weight is 1230 g/mol. The predicted molar refractivity (Wildman–Crippen MR) is 309 cm³/mol. The molecule has 73 heavy (non-hydrogen) atoms. The minimum absolute atomic E-state index is 0.149. The molecule has 0 fully saturated rings. The van der Waals surface area contributed by atoms with Gasteiger partial charge in [0.2, 0.25) is 0 Å². The molecule has 0 aliphatic rings. The van der Waals surface area contributed by atoms with Crippen molar-refractivity contribution in [3.05, 3.63) is 181 Å². The zero-order valence-corrected chi connectivity index (χ0v) is 49.1. The molecular weight excluding hydrogens is 1170 g/mol. The summed E-state index contributed by atoms with van der Waals surface area (Å²) in [6.07, 6.45) is 20.6. The van der Waals surface area contributed by atoms with Crippen LogP contribution >= 0.6 is 61.3 Å². The van der Waals surface area contributed by atoms with Gasteiger partial charge in [-0.3, -0.25) is 9.97 Å². The van der Waals surface area contributed by atoms with Crippen LogP contribution in [-0.2, 0) is 12.8 Å². The van der Waals surface area contributed by atoms with Gasteiger partial charge in [0.15, 0.2) is 15.4 Å². The van der Waals surface area contributed by atoms with Gasteiger partial charge in [0.05, 0.1) is 18.2 Å². The first-order valence-corrected chi connectivity index (χ1v) is 36.2. The number of methoxy groups -OCH3 is 1. The van der Waals surface area contributed by atoms with Crippen LogP contribution in [0.2, 0.25) is 13.3 Å². The van der Waals surface area contributed by atoms with E-state index >= 15 is 0 Å². The molecule has 0 spiro atoms. The number of aromatic nitrogens is 6. The molecule has 0 radical (unpaired) electrons. The Balaban J connectivity index is 0.000000153. The van der Waals surface area contributed by atoms with E-state index < -0.39 is 18.4 Å². The summed E-state index contributed by atoms with van der Waals surface area (Å²) in [4.78, 5) is 26.2. The fraction of sp³-hybridized carbons (Fsp3) is 0.263. The standard InChI is InChI=1S/C20H15FN2OS.C19H13FN2OS.3C4H9.C3H2BrNS.C3H2NS.Sn/c1-24-19-17(20-22-8-9-25-20)7-4-15-11-14(12-23-18(15)19)10-13-2-5-16(21)6-3-13;20-15-4-1-12(2-5-15)9-13-10-14-3-6-16(19-21-7-8-24-19)18(23)17(14)22-11-13;3*1-3-4-2;4-3-5-1-2-6-3;1-2-5-3-4-1;/h2-9,11-12H,10H2,1H3;1-8,10-11,23H,9H2;3*1,3-4H2,2H3;1-2H;1-2H;. The van der Waals surface area contributed by atoms with Crippen LogP contribution < -0.4 is 7.76 Å². The molecule has 4 aromatic carbocycles. The van der Waals surface area contributed by atoms with E-state index in [2.05, 4.69) is 73.1 Å². The van der Waals surface area contributed by atoms with E-state index in [9.17, 15) is 13.9 Å². The van der Waals surface area contributed by atoms with Crippen molar-refractivity contribution in [2.75, 3.05) is 7.11 Å². The molecule has 0 amide bonds. The normalized spacial score (nSPS) is 11.1. The molecule has 10 aromatic rings. The molecule has 16 heteroatoms. The van der Waals surface area contributed by atoms with Gasteiger partial charge in [-0.05, 0) is 99.6 Å². The number of phenols is 1. The summed E-state index contributed by atoms with van der Waals surface area (Å²) in [5.41, 5.74) is 7.16. The molecule has 378 valence electrons. The van der Waals surface area contributed by atoms with Gasteiger partial charge in [-0.1, -0.05) is 36.4 Å². The van der Waals surface area contributed by atoms with Gasteiger partial charge in [-0.2, -0.15) is 0 Å². The Bertz CT molecular complexity index is 3160. The molecule has 8 nitrogen and oxygen atoms in total. The summed E-state index contributed by atoms with van der Waals surface area (Å²) in [5.74, 6) is 0.423. The summed E-state index contributed by atoms with van der Waals surface area (Å²) in [6, 6.07) is 24.9. The van der Waals surface area contributed by atoms with Gasteiger partial charge < -0.3 is 9.84 Å². The van der Waals surface area contributed by atoms with Gasteiger partial charge in [0.25, 0.3) is 0 Å². The second-order valence-corrected chi connectivity index (χ2v) is 36.3. The second kappa shape index (κ2) is 28.6. The average Bonchev–Trinajstić information content (AvgIpc) is 4.29. The van der Waals surface area contributed by atoms with Crippen molar-refractivity contribution in [1.29, 1.82) is 0 Å². The number of rotatable bonds is 17. The number of pyridine rings is 2. The Hall–Kier alpha value is -5.04. The van der Waals surface area contributed by atoms with Crippen molar-refractivity contribution in [1.82, 2.24) is 29.9 Å². The molecule has 0 atom stereocenters. The number of halogens is 3. The Morgan fingerprint density at radius 1 is 0.534 bits per heavy atom. The van der Waals surface area contributed by atoms with Gasteiger partial charge >= 0.3 is 122 Å². The van der Waals surface area contributed by atoms with Crippen LogP contribution in [0.25, 0.3) is 42.9 Å². The fourth-order valence-electron chi connectivity index (χ4n) is 8.51. The van der Waals surface area contributed by atoms with E-state index in [0.29, 0.717) is 23.9 Å². The number of fused-ring (bicyclic) bond motifs is 2. The van der Waals surface area contributed by atoms with Gasteiger partial charge in [0.1, 0.15) is 32.7 Å². The van der Waals surface area contributed by atoms with Crippen LogP contribution in [0, 0.1) is 11.6 Å². The molecule has 0 saturated heterocycles. The number of hydrogen-bond acceptors (Lipinski definition) is 12. The second-order valence-electron chi connectivity index (χ2n) is 17.4. The Labute approximate surface area is 455 Å². The number of aromatic hydroxyl groups is 1. The van der Waals surface area contributed by atoms with E-state index in [0.717, 1.165) is 63.8 Å². The van der Waals surface area contributed by atoms with E-state index in [4.69, 9.17) is 9.72 Å². The third-order valence-corrected chi connectivity index (χ3v) is 33.8. The summed E-state index contributed by atoms with van der Waals surface area (Å²) < 4.78 is 38.8. The van der Waals surface area contributed by atoms with E-state index in [1.165, 1.54) is 74.1 Å². The number of nitrogens with zero attached hydrogens (tertiary/aromatic N) is 6. The molecule has 0 unspecified atom stereocenters. The van der Waals surface area contributed by atoms with Crippen LogP contribution in [0.4, 0.5) is 8.78 Å². The van der Waals surface area contributed by atoms with Crippen LogP contribution in [-0.4, -0.2) is 60.5 Å². The zero-order valence-electron chi connectivity index (χ0n) is 41.4. The van der Waals surface area contributed by atoms with Crippen molar-refractivity contribution in [3.8, 4) is 32.6 Å². The maximum absolute atomic E-state index is 13.0. The largest absolute Gasteiger partial charge is 0.505 e. The van der Waals surface area contributed by atoms with E-state index in [-0.39, 0.29) is 17.4 Å². The molecule has 6 heterocycles. The first kappa shape index (κ1) is 55.7. The van der Waals surface area contributed by atoms with Gasteiger partial charge in [-0.15, -0.1) is 34.0 Å². The molecule has 0 saturated carbocycles. The first-order chi connectivity index (χ1) is 35.6. The van der Waals surface area contributed by atoms with Crippen molar-refractivity contribution in [3.63, 3.8) is 0 Å². The number of unbranched alkanes of at least 4 members (excludes halogenated alkanes) is 3. The summed E-state index contributed by atoms with van der Waals surface area (Å²) in [7, 11) is 1.65. The van der Waals surface area contributed by atoms with Crippen LogP contribution in [0.1, 0.15) is 81.5 Å². The molecule has 10 rings (SSSR count). The minimum Gasteiger partial charge on any atom is -0.505 e. The first-order valence-electron chi connectivity index (χ1n) is 24.4. The number of phenolic OH excluding ortho intramolecular Hbond substituents is 1. The zero-order chi connectivity index (χ0) is 51.4. The molecule has 0 aliphatic carbocycles. The molecule has 0 aliphatic heterocycles. The SMILES string of the molecule is Brc1nccs1.CCC[CH2][Sn]([CH2]CCC)([CH2]CCC)[c]1nccs1.COc1c(-c2nccs2)ccc2cc(Cc3ccc(F)cc3)cnc12.Oc1c(-c2nccs2)ccc2cc(Cc3ccc(F)cc3)cnc12. The Morgan fingerprint density at radius 3 is 1.44 bits per heavy atom. The Kier molecular flexibility index (Phi) is 21.8. The molecule has 0 bridgehead atoms. The van der Waals surface area contributed by atoms with Crippen molar-refractivity contribution < 1.29 is 18.6 Å². The maximum atomic E-state index is 13.0. The minimum atomic E-state index is -2.12. The van der Waals surface area contributed by atoms with Crippen LogP contribution in [0.5, 0.6) is 11.5 Å². The third-order valence-electron chi connectivity index (χ3n) is 12.2. The molecular formula is C57H59BrF2N6O2S4Sn.